The minimum atomic E-state index is 0.441. The first kappa shape index (κ1) is 14.6. The Labute approximate surface area is 133 Å². The van der Waals surface area contributed by atoms with E-state index in [2.05, 4.69) is 53.8 Å². The monoisotopic (exact) mass is 314 g/mol. The Bertz CT molecular complexity index is 661. The zero-order valence-electron chi connectivity index (χ0n) is 12.0. The van der Waals surface area contributed by atoms with Crippen molar-refractivity contribution >= 4 is 33.3 Å². The molecule has 0 saturated heterocycles. The third-order valence-corrected chi connectivity index (χ3v) is 5.60. The molecule has 0 amide bonds. The molecular formula is C17H18N2S2. The fourth-order valence-corrected chi connectivity index (χ4v) is 4.25. The molecule has 0 spiro atoms. The third kappa shape index (κ3) is 3.84. The number of thiazole rings is 1. The van der Waals surface area contributed by atoms with Crippen LogP contribution in [0.2, 0.25) is 0 Å². The molecule has 3 aromatic rings. The van der Waals surface area contributed by atoms with Gasteiger partial charge in [0.2, 0.25) is 0 Å². The van der Waals surface area contributed by atoms with Crippen molar-refractivity contribution in [1.29, 1.82) is 0 Å². The molecule has 1 N–H and O–H groups in total. The SMILES string of the molecule is CNC(CSc1ccccc1)Cc1nc2ccccc2s1. The topological polar surface area (TPSA) is 24.9 Å². The summed E-state index contributed by atoms with van der Waals surface area (Å²) in [6.07, 6.45) is 0.982. The molecule has 0 saturated carbocycles. The number of aromatic nitrogens is 1. The highest BCUT2D eigenvalue weighted by atomic mass is 32.2. The van der Waals surface area contributed by atoms with Crippen molar-refractivity contribution in [3.63, 3.8) is 0 Å². The number of rotatable bonds is 6. The van der Waals surface area contributed by atoms with E-state index >= 15 is 0 Å². The Balaban J connectivity index is 1.63. The van der Waals surface area contributed by atoms with Crippen molar-refractivity contribution in [2.45, 2.75) is 17.4 Å². The molecule has 3 rings (SSSR count). The minimum Gasteiger partial charge on any atom is -0.316 e. The fourth-order valence-electron chi connectivity index (χ4n) is 2.18. The second-order valence-corrected chi connectivity index (χ2v) is 7.10. The summed E-state index contributed by atoms with van der Waals surface area (Å²) in [5, 5.41) is 4.62. The Hall–Kier alpha value is -1.36. The maximum atomic E-state index is 4.72. The van der Waals surface area contributed by atoms with E-state index in [1.165, 1.54) is 14.6 Å². The van der Waals surface area contributed by atoms with Gasteiger partial charge in [-0.15, -0.1) is 23.1 Å². The average molecular weight is 314 g/mol. The molecule has 1 aromatic heterocycles. The molecule has 2 nitrogen and oxygen atoms in total. The van der Waals surface area contributed by atoms with Gasteiger partial charge in [-0.3, -0.25) is 0 Å². The zero-order valence-corrected chi connectivity index (χ0v) is 13.6. The highest BCUT2D eigenvalue weighted by Crippen LogP contribution is 2.24. The van der Waals surface area contributed by atoms with Gasteiger partial charge in [-0.05, 0) is 31.3 Å². The molecule has 0 aliphatic heterocycles. The van der Waals surface area contributed by atoms with Gasteiger partial charge in [-0.25, -0.2) is 4.98 Å². The molecule has 0 aliphatic carbocycles. The van der Waals surface area contributed by atoms with Crippen LogP contribution in [0.15, 0.2) is 59.5 Å². The van der Waals surface area contributed by atoms with E-state index in [0.29, 0.717) is 6.04 Å². The number of fused-ring (bicyclic) bond motifs is 1. The summed E-state index contributed by atoms with van der Waals surface area (Å²) < 4.78 is 1.28. The summed E-state index contributed by atoms with van der Waals surface area (Å²) >= 11 is 3.70. The Morgan fingerprint density at radius 3 is 2.62 bits per heavy atom. The lowest BCUT2D eigenvalue weighted by molar-refractivity contribution is 0.616. The van der Waals surface area contributed by atoms with Gasteiger partial charge >= 0.3 is 0 Å². The predicted octanol–water partition coefficient (Wildman–Crippen LogP) is 4.22. The van der Waals surface area contributed by atoms with Gasteiger partial charge in [0, 0.05) is 23.1 Å². The number of hydrogen-bond donors (Lipinski definition) is 1. The lowest BCUT2D eigenvalue weighted by atomic mass is 10.2. The summed E-state index contributed by atoms with van der Waals surface area (Å²) in [7, 11) is 2.03. The van der Waals surface area contributed by atoms with E-state index in [0.717, 1.165) is 17.7 Å². The number of thioether (sulfide) groups is 1. The Morgan fingerprint density at radius 2 is 1.86 bits per heavy atom. The van der Waals surface area contributed by atoms with Crippen molar-refractivity contribution in [3.05, 3.63) is 59.6 Å². The van der Waals surface area contributed by atoms with Gasteiger partial charge in [-0.2, -0.15) is 0 Å². The lowest BCUT2D eigenvalue weighted by Gasteiger charge is -2.14. The van der Waals surface area contributed by atoms with E-state index in [9.17, 15) is 0 Å². The maximum Gasteiger partial charge on any atom is 0.0954 e. The van der Waals surface area contributed by atoms with Crippen LogP contribution in [0.5, 0.6) is 0 Å². The smallest absolute Gasteiger partial charge is 0.0954 e. The quantitative estimate of drug-likeness (QED) is 0.690. The largest absolute Gasteiger partial charge is 0.316 e. The van der Waals surface area contributed by atoms with Crippen LogP contribution in [-0.2, 0) is 6.42 Å². The van der Waals surface area contributed by atoms with E-state index in [1.54, 1.807) is 11.3 Å². The van der Waals surface area contributed by atoms with Gasteiger partial charge in [0.25, 0.3) is 0 Å². The van der Waals surface area contributed by atoms with Gasteiger partial charge in [0.1, 0.15) is 0 Å². The van der Waals surface area contributed by atoms with E-state index in [-0.39, 0.29) is 0 Å². The average Bonchev–Trinajstić information content (AvgIpc) is 2.94. The summed E-state index contributed by atoms with van der Waals surface area (Å²) in [5.74, 6) is 1.05. The van der Waals surface area contributed by atoms with Crippen LogP contribution in [0, 0.1) is 0 Å². The summed E-state index contributed by atoms with van der Waals surface area (Å²) in [5.41, 5.74) is 1.11. The highest BCUT2D eigenvalue weighted by Gasteiger charge is 2.11. The van der Waals surface area contributed by atoms with Crippen LogP contribution in [-0.4, -0.2) is 23.8 Å². The molecule has 0 bridgehead atoms. The summed E-state index contributed by atoms with van der Waals surface area (Å²) in [4.78, 5) is 6.05. The third-order valence-electron chi connectivity index (χ3n) is 3.36. The number of benzene rings is 2. The van der Waals surface area contributed by atoms with Crippen molar-refractivity contribution < 1.29 is 0 Å². The minimum absolute atomic E-state index is 0.441. The Kier molecular flexibility index (Phi) is 4.91. The molecular weight excluding hydrogens is 296 g/mol. The molecule has 1 atom stereocenters. The second kappa shape index (κ2) is 7.07. The summed E-state index contributed by atoms with van der Waals surface area (Å²) in [6, 6.07) is 19.3. The van der Waals surface area contributed by atoms with Crippen molar-refractivity contribution in [1.82, 2.24) is 10.3 Å². The van der Waals surface area contributed by atoms with Gasteiger partial charge in [0.15, 0.2) is 0 Å². The van der Waals surface area contributed by atoms with E-state index < -0.39 is 0 Å². The first-order valence-corrected chi connectivity index (χ1v) is 8.85. The van der Waals surface area contributed by atoms with Crippen LogP contribution < -0.4 is 5.32 Å². The second-order valence-electron chi connectivity index (χ2n) is 4.89. The number of hydrogen-bond acceptors (Lipinski definition) is 4. The van der Waals surface area contributed by atoms with Crippen LogP contribution in [0.4, 0.5) is 0 Å². The van der Waals surface area contributed by atoms with Crippen molar-refractivity contribution in [3.8, 4) is 0 Å². The highest BCUT2D eigenvalue weighted by molar-refractivity contribution is 7.99. The molecule has 21 heavy (non-hydrogen) atoms. The normalized spacial score (nSPS) is 12.6. The number of nitrogens with zero attached hydrogens (tertiary/aromatic N) is 1. The molecule has 0 aliphatic rings. The van der Waals surface area contributed by atoms with Crippen LogP contribution in [0.3, 0.4) is 0 Å². The molecule has 108 valence electrons. The molecule has 4 heteroatoms. The first-order chi connectivity index (χ1) is 10.3. The van der Waals surface area contributed by atoms with Gasteiger partial charge in [-0.1, -0.05) is 30.3 Å². The van der Waals surface area contributed by atoms with Crippen LogP contribution in [0.25, 0.3) is 10.2 Å². The molecule has 2 aromatic carbocycles. The fraction of sp³-hybridized carbons (Fsp3) is 0.235. The first-order valence-electron chi connectivity index (χ1n) is 7.05. The summed E-state index contributed by atoms with van der Waals surface area (Å²) in [6.45, 7) is 0. The van der Waals surface area contributed by atoms with Crippen LogP contribution >= 0.6 is 23.1 Å². The lowest BCUT2D eigenvalue weighted by Crippen LogP contribution is -2.29. The molecule has 0 radical (unpaired) electrons. The molecule has 0 fully saturated rings. The van der Waals surface area contributed by atoms with Crippen molar-refractivity contribution in [2.24, 2.45) is 0 Å². The maximum absolute atomic E-state index is 4.72. The Morgan fingerprint density at radius 1 is 1.10 bits per heavy atom. The zero-order chi connectivity index (χ0) is 14.5. The number of nitrogens with one attached hydrogen (secondary N) is 1. The number of likely N-dealkylation sites (N-methyl/N-ethyl adjacent to an activating group) is 1. The molecule has 1 heterocycles. The number of para-hydroxylation sites is 1. The molecule has 1 unspecified atom stereocenters. The van der Waals surface area contributed by atoms with E-state index in [1.807, 2.05) is 24.9 Å². The van der Waals surface area contributed by atoms with Crippen LogP contribution in [0.1, 0.15) is 5.01 Å². The predicted molar refractivity (Wildman–Crippen MR) is 93.3 cm³/mol. The van der Waals surface area contributed by atoms with Gasteiger partial charge in [0.05, 0.1) is 15.2 Å². The van der Waals surface area contributed by atoms with Crippen molar-refractivity contribution in [2.75, 3.05) is 12.8 Å². The van der Waals surface area contributed by atoms with Gasteiger partial charge < -0.3 is 5.32 Å². The standard InChI is InChI=1S/C17H18N2S2/c1-18-13(12-20-14-7-3-2-4-8-14)11-17-19-15-9-5-6-10-16(15)21-17/h2-10,13,18H,11-12H2,1H3. The van der Waals surface area contributed by atoms with E-state index in [4.69, 9.17) is 4.98 Å².